The Hall–Kier alpha value is -0.810. The van der Waals surface area contributed by atoms with Crippen LogP contribution in [0.4, 0.5) is 4.79 Å². The van der Waals surface area contributed by atoms with Gasteiger partial charge < -0.3 is 20.3 Å². The number of nitrogens with one attached hydrogen (secondary N) is 2. The molecule has 2 N–H and O–H groups in total. The fourth-order valence-electron chi connectivity index (χ4n) is 3.53. The summed E-state index contributed by atoms with van der Waals surface area (Å²) >= 11 is 0. The Labute approximate surface area is 141 Å². The van der Waals surface area contributed by atoms with Crippen LogP contribution in [0.3, 0.4) is 0 Å². The Kier molecular flexibility index (Phi) is 6.72. The Bertz CT molecular complexity index is 375. The molecular weight excluding hydrogens is 290 g/mol. The maximum atomic E-state index is 12.3. The first kappa shape index (κ1) is 18.5. The second-order valence-electron chi connectivity index (χ2n) is 8.24. The lowest BCUT2D eigenvalue weighted by atomic mass is 9.91. The largest absolute Gasteiger partial charge is 0.444 e. The minimum Gasteiger partial charge on any atom is -0.444 e. The van der Waals surface area contributed by atoms with E-state index in [0.29, 0.717) is 12.0 Å². The van der Waals surface area contributed by atoms with Gasteiger partial charge in [-0.1, -0.05) is 0 Å². The van der Waals surface area contributed by atoms with E-state index in [1.807, 2.05) is 25.7 Å². The fraction of sp³-hybridized carbons (Fsp3) is 0.944. The monoisotopic (exact) mass is 325 g/mol. The number of ether oxygens (including phenoxy) is 1. The first-order valence-electron chi connectivity index (χ1n) is 9.27. The minimum atomic E-state index is -0.415. The zero-order chi connectivity index (χ0) is 16.9. The summed E-state index contributed by atoms with van der Waals surface area (Å²) in [6.45, 7) is 13.1. The highest BCUT2D eigenvalue weighted by Crippen LogP contribution is 2.22. The highest BCUT2D eigenvalue weighted by molar-refractivity contribution is 5.68. The minimum absolute atomic E-state index is 0.161. The summed E-state index contributed by atoms with van der Waals surface area (Å²) in [4.78, 5) is 14.2. The van der Waals surface area contributed by atoms with E-state index in [1.165, 1.54) is 25.8 Å². The first-order chi connectivity index (χ1) is 10.8. The molecule has 0 bridgehead atoms. The van der Waals surface area contributed by atoms with Gasteiger partial charge in [-0.3, -0.25) is 0 Å². The number of hydrogen-bond acceptors (Lipinski definition) is 4. The number of rotatable bonds is 4. The molecular formula is C18H35N3O2. The van der Waals surface area contributed by atoms with Gasteiger partial charge in [0, 0.05) is 19.1 Å². The molecule has 0 saturated carbocycles. The molecule has 1 amide bonds. The van der Waals surface area contributed by atoms with Crippen LogP contribution in [0.15, 0.2) is 0 Å². The first-order valence-corrected chi connectivity index (χ1v) is 9.27. The number of carbonyl (C=O) groups is 1. The lowest BCUT2D eigenvalue weighted by Crippen LogP contribution is -2.49. The SMILES string of the molecule is CC(NCC1CCCNC1)C1CCCN(C(=O)OC(C)(C)C)C1. The molecule has 2 heterocycles. The van der Waals surface area contributed by atoms with Crippen molar-refractivity contribution in [1.82, 2.24) is 15.5 Å². The fourth-order valence-corrected chi connectivity index (χ4v) is 3.53. The van der Waals surface area contributed by atoms with E-state index in [1.54, 1.807) is 0 Å². The summed E-state index contributed by atoms with van der Waals surface area (Å²) in [5, 5.41) is 7.18. The third-order valence-corrected chi connectivity index (χ3v) is 4.94. The summed E-state index contributed by atoms with van der Waals surface area (Å²) in [7, 11) is 0. The van der Waals surface area contributed by atoms with Crippen LogP contribution >= 0.6 is 0 Å². The Morgan fingerprint density at radius 2 is 2.13 bits per heavy atom. The van der Waals surface area contributed by atoms with Crippen LogP contribution in [0.25, 0.3) is 0 Å². The maximum Gasteiger partial charge on any atom is 0.410 e. The van der Waals surface area contributed by atoms with Crippen LogP contribution < -0.4 is 10.6 Å². The number of hydrogen-bond donors (Lipinski definition) is 2. The molecule has 3 atom stereocenters. The van der Waals surface area contributed by atoms with Gasteiger partial charge in [0.25, 0.3) is 0 Å². The highest BCUT2D eigenvalue weighted by atomic mass is 16.6. The van der Waals surface area contributed by atoms with Gasteiger partial charge in [0.1, 0.15) is 5.60 Å². The molecule has 2 fully saturated rings. The second kappa shape index (κ2) is 8.34. The van der Waals surface area contributed by atoms with Crippen molar-refractivity contribution in [3.63, 3.8) is 0 Å². The van der Waals surface area contributed by atoms with E-state index in [2.05, 4.69) is 17.6 Å². The number of amides is 1. The van der Waals surface area contributed by atoms with Crippen LogP contribution in [0, 0.1) is 11.8 Å². The molecule has 134 valence electrons. The van der Waals surface area contributed by atoms with Crippen molar-refractivity contribution >= 4 is 6.09 Å². The van der Waals surface area contributed by atoms with Crippen molar-refractivity contribution in [3.05, 3.63) is 0 Å². The molecule has 3 unspecified atom stereocenters. The summed E-state index contributed by atoms with van der Waals surface area (Å²) in [5.74, 6) is 1.27. The van der Waals surface area contributed by atoms with Gasteiger partial charge in [-0.05, 0) is 84.8 Å². The van der Waals surface area contributed by atoms with E-state index in [0.717, 1.165) is 38.5 Å². The summed E-state index contributed by atoms with van der Waals surface area (Å²) < 4.78 is 5.52. The van der Waals surface area contributed by atoms with Gasteiger partial charge in [-0.15, -0.1) is 0 Å². The molecule has 0 spiro atoms. The topological polar surface area (TPSA) is 53.6 Å². The molecule has 0 radical (unpaired) electrons. The zero-order valence-electron chi connectivity index (χ0n) is 15.4. The van der Waals surface area contributed by atoms with Gasteiger partial charge in [-0.25, -0.2) is 4.79 Å². The van der Waals surface area contributed by atoms with Crippen molar-refractivity contribution in [2.24, 2.45) is 11.8 Å². The van der Waals surface area contributed by atoms with E-state index in [-0.39, 0.29) is 6.09 Å². The number of nitrogens with zero attached hydrogens (tertiary/aromatic N) is 1. The molecule has 2 aliphatic rings. The predicted octanol–water partition coefficient (Wildman–Crippen LogP) is 2.61. The summed E-state index contributed by atoms with van der Waals surface area (Å²) in [5.41, 5.74) is -0.415. The molecule has 0 aliphatic carbocycles. The Balaban J connectivity index is 1.76. The van der Waals surface area contributed by atoms with Gasteiger partial charge in [0.15, 0.2) is 0 Å². The average Bonchev–Trinajstić information content (AvgIpc) is 2.52. The van der Waals surface area contributed by atoms with Crippen LogP contribution in [-0.4, -0.2) is 55.4 Å². The molecule has 0 aromatic rings. The zero-order valence-corrected chi connectivity index (χ0v) is 15.4. The Morgan fingerprint density at radius 3 is 2.78 bits per heavy atom. The molecule has 2 saturated heterocycles. The van der Waals surface area contributed by atoms with Gasteiger partial charge in [0.2, 0.25) is 0 Å². The molecule has 5 nitrogen and oxygen atoms in total. The van der Waals surface area contributed by atoms with Crippen LogP contribution in [0.2, 0.25) is 0 Å². The van der Waals surface area contributed by atoms with Crippen molar-refractivity contribution in [3.8, 4) is 0 Å². The standard InChI is InChI=1S/C18H35N3O2/c1-14(20-12-15-7-5-9-19-11-15)16-8-6-10-21(13-16)17(22)23-18(2,3)4/h14-16,19-20H,5-13H2,1-4H3. The summed E-state index contributed by atoms with van der Waals surface area (Å²) in [6.07, 6.45) is 4.71. The number of carbonyl (C=O) groups excluding carboxylic acids is 1. The predicted molar refractivity (Wildman–Crippen MR) is 93.6 cm³/mol. The van der Waals surface area contributed by atoms with E-state index < -0.39 is 5.60 Å². The Morgan fingerprint density at radius 1 is 1.35 bits per heavy atom. The summed E-state index contributed by atoms with van der Waals surface area (Å²) in [6, 6.07) is 0.446. The number of likely N-dealkylation sites (tertiary alicyclic amines) is 1. The van der Waals surface area contributed by atoms with Crippen LogP contribution in [0.5, 0.6) is 0 Å². The van der Waals surface area contributed by atoms with Gasteiger partial charge in [0.05, 0.1) is 0 Å². The maximum absolute atomic E-state index is 12.3. The third kappa shape index (κ3) is 6.30. The number of piperidine rings is 2. The van der Waals surface area contributed by atoms with Crippen molar-refractivity contribution < 1.29 is 9.53 Å². The lowest BCUT2D eigenvalue weighted by Gasteiger charge is -2.37. The average molecular weight is 325 g/mol. The molecule has 0 aromatic heterocycles. The van der Waals surface area contributed by atoms with E-state index in [9.17, 15) is 4.79 Å². The van der Waals surface area contributed by atoms with Gasteiger partial charge >= 0.3 is 6.09 Å². The van der Waals surface area contributed by atoms with Crippen molar-refractivity contribution in [2.45, 2.75) is 65.0 Å². The van der Waals surface area contributed by atoms with E-state index in [4.69, 9.17) is 4.74 Å². The van der Waals surface area contributed by atoms with Crippen molar-refractivity contribution in [1.29, 1.82) is 0 Å². The van der Waals surface area contributed by atoms with Gasteiger partial charge in [-0.2, -0.15) is 0 Å². The molecule has 23 heavy (non-hydrogen) atoms. The van der Waals surface area contributed by atoms with Crippen molar-refractivity contribution in [2.75, 3.05) is 32.7 Å². The third-order valence-electron chi connectivity index (χ3n) is 4.94. The quantitative estimate of drug-likeness (QED) is 0.834. The molecule has 0 aromatic carbocycles. The highest BCUT2D eigenvalue weighted by Gasteiger charge is 2.30. The smallest absolute Gasteiger partial charge is 0.410 e. The second-order valence-corrected chi connectivity index (χ2v) is 8.24. The van der Waals surface area contributed by atoms with Crippen LogP contribution in [-0.2, 0) is 4.74 Å². The lowest BCUT2D eigenvalue weighted by molar-refractivity contribution is 0.0147. The normalized spacial score (nSPS) is 27.6. The molecule has 2 rings (SSSR count). The van der Waals surface area contributed by atoms with E-state index >= 15 is 0 Å². The molecule has 5 heteroatoms. The van der Waals surface area contributed by atoms with Crippen LogP contribution in [0.1, 0.15) is 53.4 Å². The molecule has 2 aliphatic heterocycles.